The van der Waals surface area contributed by atoms with Crippen LogP contribution in [-0.4, -0.2) is 43.9 Å². The zero-order valence-corrected chi connectivity index (χ0v) is 19.7. The molecule has 0 saturated heterocycles. The van der Waals surface area contributed by atoms with Crippen molar-refractivity contribution in [2.75, 3.05) is 13.7 Å². The van der Waals surface area contributed by atoms with Gasteiger partial charge in [0.2, 0.25) is 0 Å². The summed E-state index contributed by atoms with van der Waals surface area (Å²) in [5.74, 6) is -0.0154. The van der Waals surface area contributed by atoms with E-state index < -0.39 is 12.3 Å². The zero-order chi connectivity index (χ0) is 24.4. The highest BCUT2D eigenvalue weighted by atomic mass is 35.5. The van der Waals surface area contributed by atoms with Crippen molar-refractivity contribution in [1.29, 1.82) is 0 Å². The molecule has 1 N–H and O–H groups in total. The molecule has 0 aliphatic carbocycles. The second-order valence-electron chi connectivity index (χ2n) is 7.38. The molecule has 4 rings (SSSR count). The summed E-state index contributed by atoms with van der Waals surface area (Å²) in [5, 5.41) is 11.7. The lowest BCUT2D eigenvalue weighted by atomic mass is 10.1. The fraction of sp³-hybridized carbons (Fsp3) is 0.273. The molecular weight excluding hydrogens is 489 g/mol. The van der Waals surface area contributed by atoms with Crippen molar-refractivity contribution in [3.63, 3.8) is 0 Å². The van der Waals surface area contributed by atoms with E-state index >= 15 is 0 Å². The normalized spacial score (nSPS) is 11.4. The second kappa shape index (κ2) is 9.94. The SMILES string of the molecule is COc1ccccc1-c1cc(C(F)F)n2ncc(C(=O)NCCCn3nc(C)c(Cl)c3Cl)c2n1. The van der Waals surface area contributed by atoms with Gasteiger partial charge in [0.05, 0.1) is 24.7 Å². The summed E-state index contributed by atoms with van der Waals surface area (Å²) < 4.78 is 35.5. The van der Waals surface area contributed by atoms with Gasteiger partial charge in [-0.05, 0) is 31.5 Å². The molecule has 4 aromatic rings. The van der Waals surface area contributed by atoms with Gasteiger partial charge >= 0.3 is 0 Å². The summed E-state index contributed by atoms with van der Waals surface area (Å²) in [6.45, 7) is 2.47. The summed E-state index contributed by atoms with van der Waals surface area (Å²) in [4.78, 5) is 17.3. The Hall–Kier alpha value is -3.24. The largest absolute Gasteiger partial charge is 0.496 e. The number of methoxy groups -OCH3 is 1. The van der Waals surface area contributed by atoms with E-state index in [9.17, 15) is 13.6 Å². The van der Waals surface area contributed by atoms with Crippen LogP contribution >= 0.6 is 23.2 Å². The maximum Gasteiger partial charge on any atom is 0.280 e. The summed E-state index contributed by atoms with van der Waals surface area (Å²) in [6.07, 6.45) is -1.09. The Morgan fingerprint density at radius 1 is 1.26 bits per heavy atom. The molecular formula is C22H20Cl2F2N6O2. The molecule has 0 radical (unpaired) electrons. The fourth-order valence-corrected chi connectivity index (χ4v) is 3.90. The van der Waals surface area contributed by atoms with Crippen LogP contribution in [0, 0.1) is 6.92 Å². The van der Waals surface area contributed by atoms with Gasteiger partial charge in [-0.25, -0.2) is 18.3 Å². The van der Waals surface area contributed by atoms with Crippen LogP contribution in [0.25, 0.3) is 16.9 Å². The summed E-state index contributed by atoms with van der Waals surface area (Å²) in [5.41, 5.74) is 1.10. The molecule has 1 amide bonds. The molecule has 34 heavy (non-hydrogen) atoms. The number of nitrogens with one attached hydrogen (secondary N) is 1. The van der Waals surface area contributed by atoms with Gasteiger partial charge in [0.15, 0.2) is 5.65 Å². The molecule has 1 aromatic carbocycles. The van der Waals surface area contributed by atoms with Crippen LogP contribution in [0.15, 0.2) is 36.5 Å². The summed E-state index contributed by atoms with van der Waals surface area (Å²) in [6, 6.07) is 8.16. The number of hydrogen-bond donors (Lipinski definition) is 1. The Labute approximate surface area is 203 Å². The average molecular weight is 509 g/mol. The molecule has 0 atom stereocenters. The highest BCUT2D eigenvalue weighted by Crippen LogP contribution is 2.32. The van der Waals surface area contributed by atoms with Gasteiger partial charge in [0.25, 0.3) is 12.3 Å². The van der Waals surface area contributed by atoms with Crippen molar-refractivity contribution in [1.82, 2.24) is 29.7 Å². The molecule has 3 heterocycles. The maximum atomic E-state index is 13.8. The number of nitrogens with zero attached hydrogens (tertiary/aromatic N) is 5. The Morgan fingerprint density at radius 2 is 2.03 bits per heavy atom. The lowest BCUT2D eigenvalue weighted by molar-refractivity contribution is 0.0953. The van der Waals surface area contributed by atoms with E-state index in [0.717, 1.165) is 4.52 Å². The molecule has 8 nitrogen and oxygen atoms in total. The number of hydrogen-bond acceptors (Lipinski definition) is 5. The molecule has 0 unspecified atom stereocenters. The number of amides is 1. The number of para-hydroxylation sites is 1. The third-order valence-corrected chi connectivity index (χ3v) is 6.11. The first kappa shape index (κ1) is 23.9. The van der Waals surface area contributed by atoms with E-state index in [1.807, 2.05) is 0 Å². The van der Waals surface area contributed by atoms with E-state index in [1.54, 1.807) is 35.9 Å². The standard InChI is InChI=1S/C22H20Cl2F2N6O2/c1-12-18(23)19(24)31(30-12)9-5-8-27-22(33)14-11-28-32-16(20(25)26)10-15(29-21(14)32)13-6-3-4-7-17(13)34-2/h3-4,6-7,10-11,20H,5,8-9H2,1-2H3,(H,27,33). The highest BCUT2D eigenvalue weighted by Gasteiger charge is 2.22. The van der Waals surface area contributed by atoms with Crippen molar-refractivity contribution >= 4 is 34.8 Å². The van der Waals surface area contributed by atoms with E-state index in [4.69, 9.17) is 27.9 Å². The Morgan fingerprint density at radius 3 is 2.71 bits per heavy atom. The first-order chi connectivity index (χ1) is 16.3. The van der Waals surface area contributed by atoms with Gasteiger partial charge in [-0.15, -0.1) is 0 Å². The van der Waals surface area contributed by atoms with E-state index in [0.29, 0.717) is 40.1 Å². The van der Waals surface area contributed by atoms with Crippen LogP contribution < -0.4 is 10.1 Å². The molecule has 0 saturated carbocycles. The van der Waals surface area contributed by atoms with Gasteiger partial charge in [-0.3, -0.25) is 9.48 Å². The minimum atomic E-state index is -2.83. The number of alkyl halides is 2. The molecule has 0 aliphatic rings. The number of rotatable bonds is 8. The topological polar surface area (TPSA) is 86.3 Å². The maximum absolute atomic E-state index is 13.8. The smallest absolute Gasteiger partial charge is 0.280 e. The number of fused-ring (bicyclic) bond motifs is 1. The molecule has 178 valence electrons. The van der Waals surface area contributed by atoms with Crippen molar-refractivity contribution in [3.05, 3.63) is 63.7 Å². The molecule has 0 aliphatic heterocycles. The quantitative estimate of drug-likeness (QED) is 0.339. The van der Waals surface area contributed by atoms with Crippen molar-refractivity contribution in [3.8, 4) is 17.0 Å². The Balaban J connectivity index is 1.58. The van der Waals surface area contributed by atoms with Crippen LogP contribution in [0.3, 0.4) is 0 Å². The number of aromatic nitrogens is 5. The van der Waals surface area contributed by atoms with Crippen molar-refractivity contribution in [2.24, 2.45) is 0 Å². The van der Waals surface area contributed by atoms with E-state index in [-0.39, 0.29) is 29.1 Å². The summed E-state index contributed by atoms with van der Waals surface area (Å²) in [7, 11) is 1.48. The van der Waals surface area contributed by atoms with Crippen LogP contribution in [-0.2, 0) is 6.54 Å². The Kier molecular flexibility index (Phi) is 6.99. The highest BCUT2D eigenvalue weighted by molar-refractivity contribution is 6.41. The fourth-order valence-electron chi connectivity index (χ4n) is 3.50. The number of benzene rings is 1. The molecule has 0 bridgehead atoms. The minimum absolute atomic E-state index is 0.0220. The lowest BCUT2D eigenvalue weighted by Gasteiger charge is -2.11. The number of carbonyl (C=O) groups is 1. The molecule has 0 fully saturated rings. The van der Waals surface area contributed by atoms with Gasteiger partial charge in [-0.1, -0.05) is 35.3 Å². The van der Waals surface area contributed by atoms with E-state index in [2.05, 4.69) is 20.5 Å². The second-order valence-corrected chi connectivity index (χ2v) is 8.12. The molecule has 12 heteroatoms. The first-order valence-electron chi connectivity index (χ1n) is 10.3. The Bertz CT molecular complexity index is 1350. The van der Waals surface area contributed by atoms with Crippen molar-refractivity contribution < 1.29 is 18.3 Å². The number of carbonyl (C=O) groups excluding carboxylic acids is 1. The number of halogens is 4. The van der Waals surface area contributed by atoms with Gasteiger partial charge in [0, 0.05) is 18.7 Å². The van der Waals surface area contributed by atoms with Gasteiger partial charge in [-0.2, -0.15) is 10.2 Å². The average Bonchev–Trinajstić information content (AvgIpc) is 3.37. The van der Waals surface area contributed by atoms with Crippen LogP contribution in [0.4, 0.5) is 8.78 Å². The van der Waals surface area contributed by atoms with Gasteiger partial charge in [0.1, 0.15) is 27.2 Å². The zero-order valence-electron chi connectivity index (χ0n) is 18.2. The molecule has 0 spiro atoms. The van der Waals surface area contributed by atoms with Crippen LogP contribution in [0.5, 0.6) is 5.75 Å². The minimum Gasteiger partial charge on any atom is -0.496 e. The number of ether oxygens (including phenoxy) is 1. The van der Waals surface area contributed by atoms with Crippen molar-refractivity contribution in [2.45, 2.75) is 26.3 Å². The monoisotopic (exact) mass is 508 g/mol. The predicted octanol–water partition coefficient (Wildman–Crippen LogP) is 4.97. The van der Waals surface area contributed by atoms with Gasteiger partial charge < -0.3 is 10.1 Å². The first-order valence-corrected chi connectivity index (χ1v) is 11.0. The predicted molar refractivity (Wildman–Crippen MR) is 124 cm³/mol. The third kappa shape index (κ3) is 4.55. The molecule has 3 aromatic heterocycles. The summed E-state index contributed by atoms with van der Waals surface area (Å²) >= 11 is 12.2. The number of aryl methyl sites for hydroxylation is 2. The lowest BCUT2D eigenvalue weighted by Crippen LogP contribution is -2.25. The third-order valence-electron chi connectivity index (χ3n) is 5.18. The van der Waals surface area contributed by atoms with E-state index in [1.165, 1.54) is 19.4 Å². The van der Waals surface area contributed by atoms with Crippen LogP contribution in [0.2, 0.25) is 10.2 Å². The van der Waals surface area contributed by atoms with Crippen LogP contribution in [0.1, 0.15) is 34.6 Å².